The van der Waals surface area contributed by atoms with Crippen molar-refractivity contribution < 1.29 is 21.6 Å². The molecule has 3 nitrogen and oxygen atoms in total. The molecule has 0 aliphatic rings. The smallest absolute Gasteiger partial charge is 0.237 e. The van der Waals surface area contributed by atoms with Crippen molar-refractivity contribution >= 4 is 8.96 Å². The summed E-state index contributed by atoms with van der Waals surface area (Å²) in [6.45, 7) is 9.33. The molecular formula is C9H20ClN2OP. The van der Waals surface area contributed by atoms with Crippen LogP contribution in [0.25, 0.3) is 0 Å². The van der Waals surface area contributed by atoms with E-state index in [4.69, 9.17) is 9.79 Å². The van der Waals surface area contributed by atoms with E-state index in [-0.39, 0.29) is 12.4 Å². The van der Waals surface area contributed by atoms with E-state index < -0.39 is 0 Å². The molecule has 0 aliphatic carbocycles. The number of hydrogen-bond acceptors (Lipinski definition) is 2. The Hall–Kier alpha value is 0.130. The first-order valence-corrected chi connectivity index (χ1v) is 5.61. The van der Waals surface area contributed by atoms with Crippen LogP contribution in [0, 0.1) is 11.3 Å². The van der Waals surface area contributed by atoms with Gasteiger partial charge in [0.2, 0.25) is 8.96 Å². The zero-order valence-corrected chi connectivity index (χ0v) is 11.1. The maximum atomic E-state index is 8.32. The van der Waals surface area contributed by atoms with Gasteiger partial charge >= 0.3 is 0 Å². The summed E-state index contributed by atoms with van der Waals surface area (Å²) in [7, 11) is 0.459. The van der Waals surface area contributed by atoms with Gasteiger partial charge in [-0.05, 0) is 27.7 Å². The van der Waals surface area contributed by atoms with E-state index in [2.05, 4.69) is 33.8 Å². The van der Waals surface area contributed by atoms with Gasteiger partial charge in [-0.2, -0.15) is 5.26 Å². The molecule has 0 saturated heterocycles. The van der Waals surface area contributed by atoms with Crippen LogP contribution in [0.4, 0.5) is 0 Å². The molecule has 1 N–H and O–H groups in total. The van der Waals surface area contributed by atoms with Crippen LogP contribution in [0.15, 0.2) is 0 Å². The maximum Gasteiger partial charge on any atom is 0.237 e. The van der Waals surface area contributed by atoms with Crippen molar-refractivity contribution in [2.75, 3.05) is 6.61 Å². The van der Waals surface area contributed by atoms with Gasteiger partial charge in [-0.3, -0.25) is 4.67 Å². The van der Waals surface area contributed by atoms with Crippen LogP contribution in [0.1, 0.15) is 34.1 Å². The number of nitrogens with zero attached hydrogens (tertiary/aromatic N) is 1. The molecule has 1 atom stereocenters. The molecule has 0 aromatic rings. The molecule has 0 heterocycles. The summed E-state index contributed by atoms with van der Waals surface area (Å²) in [5, 5.41) is 8.32. The summed E-state index contributed by atoms with van der Waals surface area (Å²) in [6.07, 6.45) is 0.496. The maximum absolute atomic E-state index is 8.32. The predicted molar refractivity (Wildman–Crippen MR) is 55.7 cm³/mol. The molecule has 1 unspecified atom stereocenters. The molecular weight excluding hydrogens is 219 g/mol. The normalized spacial score (nSPS) is 11.3. The second-order valence-electron chi connectivity index (χ2n) is 3.62. The molecule has 0 aromatic heterocycles. The van der Waals surface area contributed by atoms with Gasteiger partial charge in [0.15, 0.2) is 0 Å². The SMILES string of the molecule is CC(C)[NH+](POCCC#N)C(C)C.[Cl-]. The number of quaternary nitrogens is 1. The highest BCUT2D eigenvalue weighted by atomic mass is 35.5. The summed E-state index contributed by atoms with van der Waals surface area (Å²) in [6, 6.07) is 3.24. The molecule has 0 radical (unpaired) electrons. The van der Waals surface area contributed by atoms with E-state index in [1.165, 1.54) is 4.67 Å². The Morgan fingerprint density at radius 1 is 1.29 bits per heavy atom. The van der Waals surface area contributed by atoms with E-state index in [1.54, 1.807) is 0 Å². The fourth-order valence-corrected chi connectivity index (χ4v) is 1.98. The van der Waals surface area contributed by atoms with Crippen LogP contribution in [0.3, 0.4) is 0 Å². The van der Waals surface area contributed by atoms with E-state index in [0.29, 0.717) is 34.1 Å². The molecule has 0 saturated carbocycles. The molecule has 14 heavy (non-hydrogen) atoms. The van der Waals surface area contributed by atoms with E-state index in [1.807, 2.05) is 0 Å². The minimum atomic E-state index is 0. The third-order valence-corrected chi connectivity index (χ3v) is 3.49. The lowest BCUT2D eigenvalue weighted by atomic mass is 10.3. The van der Waals surface area contributed by atoms with Gasteiger partial charge < -0.3 is 16.9 Å². The zero-order valence-electron chi connectivity index (χ0n) is 9.30. The lowest BCUT2D eigenvalue weighted by Gasteiger charge is -2.25. The van der Waals surface area contributed by atoms with Crippen LogP contribution in [0.2, 0.25) is 0 Å². The number of rotatable bonds is 6. The highest BCUT2D eigenvalue weighted by Gasteiger charge is 2.17. The molecule has 5 heteroatoms. The lowest BCUT2D eigenvalue weighted by molar-refractivity contribution is -0.818. The Bertz CT molecular complexity index is 163. The Labute approximate surface area is 95.1 Å². The van der Waals surface area contributed by atoms with Gasteiger partial charge in [0.25, 0.3) is 0 Å². The molecule has 0 spiro atoms. The fraction of sp³-hybridized carbons (Fsp3) is 0.889. The molecule has 0 bridgehead atoms. The van der Waals surface area contributed by atoms with Crippen molar-refractivity contribution in [3.8, 4) is 6.07 Å². The minimum Gasteiger partial charge on any atom is -1.00 e. The largest absolute Gasteiger partial charge is 1.00 e. The van der Waals surface area contributed by atoms with Gasteiger partial charge in [-0.25, -0.2) is 0 Å². The summed E-state index contributed by atoms with van der Waals surface area (Å²) >= 11 is 0. The highest BCUT2D eigenvalue weighted by Crippen LogP contribution is 2.02. The highest BCUT2D eigenvalue weighted by molar-refractivity contribution is 7.24. The average molecular weight is 239 g/mol. The van der Waals surface area contributed by atoms with E-state index >= 15 is 0 Å². The number of hydrogen-bond donors (Lipinski definition) is 1. The summed E-state index contributed by atoms with van der Waals surface area (Å²) in [5.74, 6) is 0. The number of halogens is 1. The third-order valence-electron chi connectivity index (χ3n) is 1.75. The molecule has 0 aromatic carbocycles. The van der Waals surface area contributed by atoms with E-state index in [9.17, 15) is 0 Å². The van der Waals surface area contributed by atoms with Crippen molar-refractivity contribution in [3.63, 3.8) is 0 Å². The van der Waals surface area contributed by atoms with E-state index in [0.717, 1.165) is 0 Å². The minimum absolute atomic E-state index is 0. The second kappa shape index (κ2) is 9.68. The van der Waals surface area contributed by atoms with Gasteiger partial charge in [-0.1, -0.05) is 0 Å². The molecule has 0 amide bonds. The molecule has 0 rings (SSSR count). The Morgan fingerprint density at radius 2 is 1.79 bits per heavy atom. The zero-order chi connectivity index (χ0) is 10.3. The monoisotopic (exact) mass is 238 g/mol. The number of nitriles is 1. The second-order valence-corrected chi connectivity index (χ2v) is 4.69. The van der Waals surface area contributed by atoms with Crippen molar-refractivity contribution in [2.45, 2.75) is 46.2 Å². The predicted octanol–water partition coefficient (Wildman–Crippen LogP) is -1.87. The fourth-order valence-electron chi connectivity index (χ4n) is 1.13. The molecule has 0 aliphatic heterocycles. The first-order valence-electron chi connectivity index (χ1n) is 4.71. The van der Waals surface area contributed by atoms with Crippen LogP contribution in [-0.4, -0.2) is 18.7 Å². The summed E-state index contributed by atoms with van der Waals surface area (Å²) in [5.41, 5.74) is 0. The molecule has 84 valence electrons. The average Bonchev–Trinajstić information content (AvgIpc) is 2.02. The lowest BCUT2D eigenvalue weighted by Crippen LogP contribution is -3.10. The number of nitrogens with one attached hydrogen (secondary N) is 1. The van der Waals surface area contributed by atoms with Crippen molar-refractivity contribution in [3.05, 3.63) is 0 Å². The third kappa shape index (κ3) is 7.53. The van der Waals surface area contributed by atoms with Gasteiger partial charge in [0.05, 0.1) is 31.2 Å². The van der Waals surface area contributed by atoms with Crippen molar-refractivity contribution in [2.24, 2.45) is 0 Å². The first kappa shape index (κ1) is 16.6. The topological polar surface area (TPSA) is 37.5 Å². The first-order chi connectivity index (χ1) is 6.09. The van der Waals surface area contributed by atoms with Gasteiger partial charge in [0, 0.05) is 0 Å². The Morgan fingerprint density at radius 3 is 2.14 bits per heavy atom. The van der Waals surface area contributed by atoms with Crippen molar-refractivity contribution in [1.29, 1.82) is 5.26 Å². The Balaban J connectivity index is 0. The molecule has 0 fully saturated rings. The van der Waals surface area contributed by atoms with Crippen LogP contribution >= 0.6 is 8.96 Å². The summed E-state index contributed by atoms with van der Waals surface area (Å²) in [4.78, 5) is 0. The van der Waals surface area contributed by atoms with Gasteiger partial charge in [0.1, 0.15) is 0 Å². The standard InChI is InChI=1S/C9H19N2OP.ClH/c1-8(2)11(9(3)4)13-12-7-5-6-10;/h8-9,13H,5,7H2,1-4H3;1H. The van der Waals surface area contributed by atoms with Crippen LogP contribution in [-0.2, 0) is 4.52 Å². The quantitative estimate of drug-likeness (QED) is 0.435. The van der Waals surface area contributed by atoms with Gasteiger partial charge in [-0.15, -0.1) is 0 Å². The summed E-state index contributed by atoms with van der Waals surface area (Å²) < 4.78 is 6.88. The van der Waals surface area contributed by atoms with Crippen LogP contribution in [0.5, 0.6) is 0 Å². The van der Waals surface area contributed by atoms with Crippen LogP contribution < -0.4 is 17.1 Å². The Kier molecular flexibility index (Phi) is 11.4. The van der Waals surface area contributed by atoms with Crippen molar-refractivity contribution in [1.82, 2.24) is 0 Å².